The zero-order valence-electron chi connectivity index (χ0n) is 27.0. The molecular weight excluding hydrogens is 566 g/mol. The number of nitrogens with zero attached hydrogens (tertiary/aromatic N) is 7. The molecule has 236 valence electrons. The lowest BCUT2D eigenvalue weighted by molar-refractivity contribution is -0.0000307. The Labute approximate surface area is 265 Å². The molecule has 0 spiro atoms. The van der Waals surface area contributed by atoms with E-state index in [4.69, 9.17) is 14.7 Å². The van der Waals surface area contributed by atoms with Crippen LogP contribution in [-0.4, -0.2) is 71.7 Å². The Morgan fingerprint density at radius 2 is 1.84 bits per heavy atom. The van der Waals surface area contributed by atoms with Crippen molar-refractivity contribution in [1.29, 1.82) is 10.5 Å². The van der Waals surface area contributed by atoms with E-state index in [1.54, 1.807) is 19.2 Å². The average molecular weight is 610 g/mol. The van der Waals surface area contributed by atoms with E-state index in [0.717, 1.165) is 76.2 Å². The van der Waals surface area contributed by atoms with Crippen molar-refractivity contribution in [3.05, 3.63) is 69.1 Å². The number of anilines is 1. The number of rotatable bonds is 8. The van der Waals surface area contributed by atoms with E-state index in [-0.39, 0.29) is 28.8 Å². The molecule has 0 amide bonds. The Morgan fingerprint density at radius 3 is 2.51 bits per heavy atom. The monoisotopic (exact) mass is 609 g/mol. The molecule has 10 heteroatoms. The van der Waals surface area contributed by atoms with Crippen LogP contribution in [0.5, 0.6) is 0 Å². The summed E-state index contributed by atoms with van der Waals surface area (Å²) in [5.41, 5.74) is 4.43. The second-order valence-electron chi connectivity index (χ2n) is 13.1. The molecule has 1 saturated carbocycles. The number of aromatic nitrogens is 2. The summed E-state index contributed by atoms with van der Waals surface area (Å²) in [6.07, 6.45) is 4.39. The molecule has 0 N–H and O–H groups in total. The van der Waals surface area contributed by atoms with Gasteiger partial charge in [-0.2, -0.15) is 10.5 Å². The minimum atomic E-state index is -0.417. The summed E-state index contributed by atoms with van der Waals surface area (Å²) in [7, 11) is 3.56. The van der Waals surface area contributed by atoms with Crippen molar-refractivity contribution in [3.63, 3.8) is 0 Å². The van der Waals surface area contributed by atoms with Crippen LogP contribution in [0.4, 0.5) is 5.69 Å². The smallest absolute Gasteiger partial charge is 0.270 e. The van der Waals surface area contributed by atoms with Gasteiger partial charge in [-0.25, -0.2) is 4.98 Å². The van der Waals surface area contributed by atoms with Crippen LogP contribution in [0.25, 0.3) is 11.0 Å². The van der Waals surface area contributed by atoms with Crippen LogP contribution in [0, 0.1) is 28.6 Å². The quantitative estimate of drug-likeness (QED) is 0.265. The van der Waals surface area contributed by atoms with Crippen molar-refractivity contribution in [3.8, 4) is 12.1 Å². The lowest BCUT2D eigenvalue weighted by atomic mass is 9.80. The van der Waals surface area contributed by atoms with E-state index in [9.17, 15) is 15.3 Å². The summed E-state index contributed by atoms with van der Waals surface area (Å²) in [6.45, 7) is 10.6. The van der Waals surface area contributed by atoms with Gasteiger partial charge in [0.1, 0.15) is 34.5 Å². The minimum Gasteiger partial charge on any atom is -0.390 e. The number of pyridine rings is 2. The van der Waals surface area contributed by atoms with E-state index in [1.807, 2.05) is 32.7 Å². The maximum atomic E-state index is 13.2. The predicted molar refractivity (Wildman–Crippen MR) is 175 cm³/mol. The molecule has 0 unspecified atom stereocenters. The molecule has 2 aliphatic rings. The fourth-order valence-corrected chi connectivity index (χ4v) is 6.37. The number of oxime groups is 1. The first kappa shape index (κ1) is 32.2. The lowest BCUT2D eigenvalue weighted by Gasteiger charge is -2.37. The molecule has 45 heavy (non-hydrogen) atoms. The van der Waals surface area contributed by atoms with Crippen molar-refractivity contribution in [2.75, 3.05) is 44.8 Å². The molecule has 0 radical (unpaired) electrons. The van der Waals surface area contributed by atoms with Crippen molar-refractivity contribution < 1.29 is 9.57 Å². The Morgan fingerprint density at radius 1 is 1.11 bits per heavy atom. The highest BCUT2D eigenvalue weighted by atomic mass is 16.6. The van der Waals surface area contributed by atoms with Gasteiger partial charge in [0.15, 0.2) is 0 Å². The molecule has 1 aromatic carbocycles. The fraction of sp³-hybridized carbons (Fsp3) is 0.514. The molecule has 3 aromatic rings. The lowest BCUT2D eigenvalue weighted by Crippen LogP contribution is -2.39. The van der Waals surface area contributed by atoms with E-state index in [2.05, 4.69) is 46.3 Å². The molecule has 0 atom stereocenters. The Balaban J connectivity index is 1.38. The van der Waals surface area contributed by atoms with Crippen molar-refractivity contribution in [2.24, 2.45) is 18.1 Å². The summed E-state index contributed by atoms with van der Waals surface area (Å²) in [5.74, 6) is 0.200. The summed E-state index contributed by atoms with van der Waals surface area (Å²) in [6, 6.07) is 16.3. The van der Waals surface area contributed by atoms with Gasteiger partial charge in [0.2, 0.25) is 0 Å². The molecule has 1 saturated heterocycles. The van der Waals surface area contributed by atoms with Gasteiger partial charge in [-0.3, -0.25) is 9.69 Å². The van der Waals surface area contributed by atoms with Gasteiger partial charge in [0, 0.05) is 45.7 Å². The normalized spacial score (nSPS) is 19.6. The van der Waals surface area contributed by atoms with Crippen LogP contribution >= 0.6 is 0 Å². The predicted octanol–water partition coefficient (Wildman–Crippen LogP) is 4.77. The van der Waals surface area contributed by atoms with Gasteiger partial charge < -0.3 is 19.0 Å². The molecule has 1 aliphatic heterocycles. The van der Waals surface area contributed by atoms with Crippen LogP contribution in [0.3, 0.4) is 0 Å². The summed E-state index contributed by atoms with van der Waals surface area (Å²) >= 11 is 0. The first-order valence-electron chi connectivity index (χ1n) is 15.8. The Hall–Kier alpha value is -4.25. The van der Waals surface area contributed by atoms with Gasteiger partial charge in [-0.1, -0.05) is 23.4 Å². The first-order valence-corrected chi connectivity index (χ1v) is 15.8. The average Bonchev–Trinajstić information content (AvgIpc) is 3.05. The topological polar surface area (TPSA) is 120 Å². The van der Waals surface area contributed by atoms with E-state index >= 15 is 0 Å². The van der Waals surface area contributed by atoms with E-state index in [0.29, 0.717) is 16.7 Å². The number of benzene rings is 1. The maximum Gasteiger partial charge on any atom is 0.270 e. The van der Waals surface area contributed by atoms with Gasteiger partial charge in [0.05, 0.1) is 30.1 Å². The van der Waals surface area contributed by atoms with Gasteiger partial charge in [0.25, 0.3) is 5.56 Å². The number of hydrogen-bond donors (Lipinski definition) is 0. The highest BCUT2D eigenvalue weighted by molar-refractivity contribution is 6.02. The third kappa shape index (κ3) is 7.36. The van der Waals surface area contributed by atoms with Gasteiger partial charge >= 0.3 is 0 Å². The number of ether oxygens (including phenoxy) is 1. The molecule has 10 nitrogen and oxygen atoms in total. The second kappa shape index (κ2) is 13.8. The van der Waals surface area contributed by atoms with Crippen LogP contribution in [0.2, 0.25) is 0 Å². The summed E-state index contributed by atoms with van der Waals surface area (Å²) < 4.78 is 6.94. The van der Waals surface area contributed by atoms with Crippen molar-refractivity contribution in [2.45, 2.75) is 64.5 Å². The van der Waals surface area contributed by atoms with Gasteiger partial charge in [-0.15, -0.1) is 0 Å². The molecular formula is C35H43N7O3. The first-order chi connectivity index (χ1) is 21.6. The zero-order chi connectivity index (χ0) is 32.1. The van der Waals surface area contributed by atoms with Gasteiger partial charge in [-0.05, 0) is 82.2 Å². The molecule has 5 rings (SSSR count). The van der Waals surface area contributed by atoms with E-state index < -0.39 is 5.60 Å². The molecule has 0 bridgehead atoms. The third-order valence-corrected chi connectivity index (χ3v) is 8.89. The SMILES string of the molecule is Cn1c(=O)c(C#N)c(N(C)[C@H]2CC[C@@H](/C(=N\OC(C)(C)C)c3cccc(CCN4CCOCC4)c3)CC2)c2nc(C#N)ccc21. The van der Waals surface area contributed by atoms with Crippen LogP contribution in [0.1, 0.15) is 68.8 Å². The van der Waals surface area contributed by atoms with Crippen molar-refractivity contribution in [1.82, 2.24) is 14.5 Å². The Bertz CT molecular complexity index is 1700. The number of nitriles is 2. The number of morpholine rings is 1. The molecule has 2 aromatic heterocycles. The number of fused-ring (bicyclic) bond motifs is 1. The Kier molecular flexibility index (Phi) is 9.86. The summed E-state index contributed by atoms with van der Waals surface area (Å²) in [5, 5.41) is 24.3. The van der Waals surface area contributed by atoms with E-state index in [1.165, 1.54) is 10.1 Å². The molecule has 3 heterocycles. The number of aryl methyl sites for hydroxylation is 1. The van der Waals surface area contributed by atoms with Crippen LogP contribution < -0.4 is 10.5 Å². The summed E-state index contributed by atoms with van der Waals surface area (Å²) in [4.78, 5) is 28.2. The van der Waals surface area contributed by atoms with Crippen LogP contribution in [-0.2, 0) is 23.0 Å². The maximum absolute atomic E-state index is 13.2. The van der Waals surface area contributed by atoms with Crippen LogP contribution in [0.15, 0.2) is 46.3 Å². The highest BCUT2D eigenvalue weighted by Gasteiger charge is 2.31. The standard InChI is InChI=1S/C35H43N7O3/c1-35(2,3)45-39-31(26-8-6-7-24(21-26)15-16-42-17-19-44-20-18-42)25-9-12-28(13-10-25)40(4)33-29(23-37)34(43)41(5)30-14-11-27(22-36)38-32(30)33/h6-8,11,14,21,25,28H,9-10,12-13,15-20H2,1-5H3/b39-31+/t25-,28+. The molecule has 2 fully saturated rings. The number of hydrogen-bond acceptors (Lipinski definition) is 9. The second-order valence-corrected chi connectivity index (χ2v) is 13.1. The zero-order valence-corrected chi connectivity index (χ0v) is 27.0. The highest BCUT2D eigenvalue weighted by Crippen LogP contribution is 2.35. The minimum absolute atomic E-state index is 0.0481. The van der Waals surface area contributed by atoms with Crippen molar-refractivity contribution >= 4 is 22.4 Å². The largest absolute Gasteiger partial charge is 0.390 e. The third-order valence-electron chi connectivity index (χ3n) is 8.89. The fourth-order valence-electron chi connectivity index (χ4n) is 6.37. The molecule has 1 aliphatic carbocycles.